The first-order valence-corrected chi connectivity index (χ1v) is 7.48. The molecule has 1 unspecified atom stereocenters. The Hall–Kier alpha value is -1.53. The molecule has 0 saturated carbocycles. The average molecular weight is 312 g/mol. The molecule has 0 bridgehead atoms. The fourth-order valence-corrected chi connectivity index (χ4v) is 2.44. The maximum absolute atomic E-state index is 13.3. The molecule has 1 saturated heterocycles. The summed E-state index contributed by atoms with van der Waals surface area (Å²) >= 11 is 0. The first-order chi connectivity index (χ1) is 10.5. The molecule has 0 spiro atoms. The van der Waals surface area contributed by atoms with Gasteiger partial charge in [0.25, 0.3) is 5.91 Å². The van der Waals surface area contributed by atoms with Gasteiger partial charge < -0.3 is 14.5 Å². The number of benzene rings is 1. The molecule has 6 heteroatoms. The first-order valence-electron chi connectivity index (χ1n) is 7.48. The summed E-state index contributed by atoms with van der Waals surface area (Å²) in [4.78, 5) is 16.2. The number of amides is 1. The van der Waals surface area contributed by atoms with Gasteiger partial charge in [-0.3, -0.25) is 4.79 Å². The number of nitrogens with zero attached hydrogens (tertiary/aromatic N) is 2. The molecule has 2 rings (SSSR count). The Morgan fingerprint density at radius 2 is 2.05 bits per heavy atom. The summed E-state index contributed by atoms with van der Waals surface area (Å²) in [5.74, 6) is -2.25. The van der Waals surface area contributed by atoms with Crippen LogP contribution in [0.3, 0.4) is 0 Å². The van der Waals surface area contributed by atoms with Gasteiger partial charge in [0.05, 0.1) is 6.10 Å². The second-order valence-electron chi connectivity index (χ2n) is 5.82. The highest BCUT2D eigenvalue weighted by Gasteiger charge is 2.24. The summed E-state index contributed by atoms with van der Waals surface area (Å²) in [5, 5.41) is 0. The summed E-state index contributed by atoms with van der Waals surface area (Å²) in [7, 11) is 3.85. The average Bonchev–Trinajstić information content (AvgIpc) is 2.98. The number of ether oxygens (including phenoxy) is 1. The molecule has 0 N–H and O–H groups in total. The number of hydrogen-bond acceptors (Lipinski definition) is 3. The zero-order valence-corrected chi connectivity index (χ0v) is 13.0. The monoisotopic (exact) mass is 312 g/mol. The molecule has 0 aliphatic carbocycles. The van der Waals surface area contributed by atoms with Crippen LogP contribution in [0.4, 0.5) is 8.78 Å². The minimum Gasteiger partial charge on any atom is -0.376 e. The normalized spacial score (nSPS) is 18.0. The van der Waals surface area contributed by atoms with Crippen LogP contribution in [0.5, 0.6) is 0 Å². The van der Waals surface area contributed by atoms with Crippen molar-refractivity contribution >= 4 is 5.91 Å². The molecule has 1 aliphatic heterocycles. The molecular formula is C16H22F2N2O2. The zero-order valence-electron chi connectivity index (χ0n) is 13.0. The van der Waals surface area contributed by atoms with Crippen molar-refractivity contribution in [3.8, 4) is 0 Å². The van der Waals surface area contributed by atoms with E-state index in [1.165, 1.54) is 6.07 Å². The summed E-state index contributed by atoms with van der Waals surface area (Å²) in [6.07, 6.45) is 1.94. The van der Waals surface area contributed by atoms with Gasteiger partial charge in [0.15, 0.2) is 11.6 Å². The zero-order chi connectivity index (χ0) is 16.1. The van der Waals surface area contributed by atoms with Crippen molar-refractivity contribution in [3.63, 3.8) is 0 Å². The second-order valence-corrected chi connectivity index (χ2v) is 5.82. The smallest absolute Gasteiger partial charge is 0.254 e. The van der Waals surface area contributed by atoms with Crippen LogP contribution in [0.2, 0.25) is 0 Å². The first kappa shape index (κ1) is 16.8. The Labute approximate surface area is 129 Å². The number of carbonyl (C=O) groups excluding carboxylic acids is 1. The molecule has 1 atom stereocenters. The van der Waals surface area contributed by atoms with Crippen molar-refractivity contribution in [2.45, 2.75) is 18.9 Å². The predicted molar refractivity (Wildman–Crippen MR) is 79.8 cm³/mol. The van der Waals surface area contributed by atoms with Crippen molar-refractivity contribution in [2.24, 2.45) is 0 Å². The maximum atomic E-state index is 13.3. The van der Waals surface area contributed by atoms with E-state index < -0.39 is 11.6 Å². The highest BCUT2D eigenvalue weighted by atomic mass is 19.2. The Morgan fingerprint density at radius 1 is 1.27 bits per heavy atom. The van der Waals surface area contributed by atoms with Gasteiger partial charge in [0.1, 0.15) is 0 Å². The Morgan fingerprint density at radius 3 is 2.64 bits per heavy atom. The largest absolute Gasteiger partial charge is 0.376 e. The highest BCUT2D eigenvalue weighted by Crippen LogP contribution is 2.16. The van der Waals surface area contributed by atoms with E-state index in [9.17, 15) is 13.6 Å². The SMILES string of the molecule is CN(C)CCN(CC1CCCO1)C(=O)c1ccc(F)c(F)c1. The minimum absolute atomic E-state index is 0.0245. The number of halogens is 2. The summed E-state index contributed by atoms with van der Waals surface area (Å²) < 4.78 is 31.9. The Kier molecular flexibility index (Phi) is 5.85. The van der Waals surface area contributed by atoms with Crippen LogP contribution in [0.1, 0.15) is 23.2 Å². The van der Waals surface area contributed by atoms with E-state index in [0.717, 1.165) is 25.0 Å². The molecule has 0 radical (unpaired) electrons. The van der Waals surface area contributed by atoms with E-state index in [1.807, 2.05) is 19.0 Å². The van der Waals surface area contributed by atoms with Crippen LogP contribution in [-0.2, 0) is 4.74 Å². The summed E-state index contributed by atoms with van der Waals surface area (Å²) in [6.45, 7) is 2.41. The lowest BCUT2D eigenvalue weighted by Gasteiger charge is -2.27. The summed E-state index contributed by atoms with van der Waals surface area (Å²) in [5.41, 5.74) is 0.163. The molecule has 1 aromatic carbocycles. The van der Waals surface area contributed by atoms with Crippen LogP contribution < -0.4 is 0 Å². The number of hydrogen-bond donors (Lipinski definition) is 0. The topological polar surface area (TPSA) is 32.8 Å². The van der Waals surface area contributed by atoms with Crippen molar-refractivity contribution in [2.75, 3.05) is 40.3 Å². The minimum atomic E-state index is -1.00. The van der Waals surface area contributed by atoms with Crippen LogP contribution >= 0.6 is 0 Å². The number of carbonyl (C=O) groups is 1. The van der Waals surface area contributed by atoms with Crippen molar-refractivity contribution in [1.29, 1.82) is 0 Å². The Balaban J connectivity index is 2.10. The third-order valence-electron chi connectivity index (χ3n) is 3.72. The van der Waals surface area contributed by atoms with E-state index in [4.69, 9.17) is 4.74 Å². The van der Waals surface area contributed by atoms with Crippen molar-refractivity contribution < 1.29 is 18.3 Å². The molecule has 122 valence electrons. The lowest BCUT2D eigenvalue weighted by molar-refractivity contribution is 0.0511. The van der Waals surface area contributed by atoms with E-state index in [0.29, 0.717) is 26.2 Å². The van der Waals surface area contributed by atoms with Gasteiger partial charge in [-0.1, -0.05) is 0 Å². The third kappa shape index (κ3) is 4.48. The van der Waals surface area contributed by atoms with E-state index in [2.05, 4.69) is 0 Å². The molecule has 4 nitrogen and oxygen atoms in total. The maximum Gasteiger partial charge on any atom is 0.254 e. The lowest BCUT2D eigenvalue weighted by Crippen LogP contribution is -2.41. The van der Waals surface area contributed by atoms with E-state index in [-0.39, 0.29) is 17.6 Å². The lowest BCUT2D eigenvalue weighted by atomic mass is 10.1. The van der Waals surface area contributed by atoms with E-state index >= 15 is 0 Å². The van der Waals surface area contributed by atoms with Crippen molar-refractivity contribution in [1.82, 2.24) is 9.80 Å². The predicted octanol–water partition coefficient (Wildman–Crippen LogP) is 2.15. The van der Waals surface area contributed by atoms with Crippen LogP contribution in [0, 0.1) is 11.6 Å². The van der Waals surface area contributed by atoms with Crippen molar-refractivity contribution in [3.05, 3.63) is 35.4 Å². The number of likely N-dealkylation sites (N-methyl/N-ethyl adjacent to an activating group) is 1. The summed E-state index contributed by atoms with van der Waals surface area (Å²) in [6, 6.07) is 3.26. The van der Waals surface area contributed by atoms with Gasteiger partial charge in [-0.15, -0.1) is 0 Å². The molecule has 1 heterocycles. The molecule has 1 fully saturated rings. The second kappa shape index (κ2) is 7.65. The Bertz CT molecular complexity index is 517. The van der Waals surface area contributed by atoms with Crippen LogP contribution in [0.25, 0.3) is 0 Å². The molecule has 0 aromatic heterocycles. The highest BCUT2D eigenvalue weighted by molar-refractivity contribution is 5.94. The molecule has 1 amide bonds. The standard InChI is InChI=1S/C16H22F2N2O2/c1-19(2)7-8-20(11-13-4-3-9-22-13)16(21)12-5-6-14(17)15(18)10-12/h5-6,10,13H,3-4,7-9,11H2,1-2H3. The van der Waals surface area contributed by atoms with Gasteiger partial charge in [0.2, 0.25) is 0 Å². The van der Waals surface area contributed by atoms with Gasteiger partial charge in [-0.25, -0.2) is 8.78 Å². The van der Waals surface area contributed by atoms with Gasteiger partial charge in [-0.05, 0) is 45.1 Å². The van der Waals surface area contributed by atoms with Gasteiger partial charge in [0, 0.05) is 31.8 Å². The van der Waals surface area contributed by atoms with Crippen LogP contribution in [0.15, 0.2) is 18.2 Å². The molecule has 1 aliphatic rings. The number of rotatable bonds is 6. The molecular weight excluding hydrogens is 290 g/mol. The fraction of sp³-hybridized carbons (Fsp3) is 0.562. The molecule has 1 aromatic rings. The van der Waals surface area contributed by atoms with Crippen LogP contribution in [-0.4, -0.2) is 62.1 Å². The van der Waals surface area contributed by atoms with Gasteiger partial charge >= 0.3 is 0 Å². The molecule has 22 heavy (non-hydrogen) atoms. The van der Waals surface area contributed by atoms with Gasteiger partial charge in [-0.2, -0.15) is 0 Å². The third-order valence-corrected chi connectivity index (χ3v) is 3.72. The van der Waals surface area contributed by atoms with E-state index in [1.54, 1.807) is 4.90 Å². The fourth-order valence-electron chi connectivity index (χ4n) is 2.44. The quantitative estimate of drug-likeness (QED) is 0.807.